The lowest BCUT2D eigenvalue weighted by molar-refractivity contribution is -0.385. The first-order valence-corrected chi connectivity index (χ1v) is 10.6. The van der Waals surface area contributed by atoms with Gasteiger partial charge in [-0.05, 0) is 48.4 Å². The Hall–Kier alpha value is -3.92. The highest BCUT2D eigenvalue weighted by atomic mass is 32.2. The van der Waals surface area contributed by atoms with Crippen LogP contribution in [0.15, 0.2) is 76.7 Å². The fourth-order valence-electron chi connectivity index (χ4n) is 2.71. The Morgan fingerprint density at radius 2 is 1.77 bits per heavy atom. The molecule has 0 bridgehead atoms. The van der Waals surface area contributed by atoms with Crippen molar-refractivity contribution in [3.05, 3.63) is 88.0 Å². The lowest BCUT2D eigenvalue weighted by Gasteiger charge is -2.12. The normalized spacial score (nSPS) is 11.3. The summed E-state index contributed by atoms with van der Waals surface area (Å²) >= 11 is 0. The predicted octanol–water partition coefficient (Wildman–Crippen LogP) is 4.16. The maximum atomic E-state index is 13.0. The fraction of sp³-hybridized carbons (Fsp3) is 0.0952. The van der Waals surface area contributed by atoms with Gasteiger partial charge >= 0.3 is 0 Å². The molecule has 31 heavy (non-hydrogen) atoms. The summed E-state index contributed by atoms with van der Waals surface area (Å²) in [6.07, 6.45) is 1.55. The molecule has 0 spiro atoms. The Morgan fingerprint density at radius 1 is 1.06 bits per heavy atom. The van der Waals surface area contributed by atoms with Crippen molar-refractivity contribution < 1.29 is 18.1 Å². The molecule has 0 aliphatic rings. The van der Waals surface area contributed by atoms with Crippen LogP contribution in [-0.4, -0.2) is 26.7 Å². The average Bonchev–Trinajstić information content (AvgIpc) is 2.75. The second-order valence-corrected chi connectivity index (χ2v) is 8.15. The maximum Gasteiger partial charge on any atom is 0.270 e. The van der Waals surface area contributed by atoms with E-state index in [9.17, 15) is 18.5 Å². The zero-order valence-corrected chi connectivity index (χ0v) is 17.6. The topological polar surface area (TPSA) is 123 Å². The van der Waals surface area contributed by atoms with E-state index in [1.54, 1.807) is 18.3 Å². The van der Waals surface area contributed by atoms with E-state index in [2.05, 4.69) is 15.2 Å². The molecular weight excluding hydrogens is 420 g/mol. The van der Waals surface area contributed by atoms with Crippen LogP contribution in [-0.2, 0) is 10.0 Å². The number of ether oxygens (including phenoxy) is 1. The van der Waals surface area contributed by atoms with Crippen molar-refractivity contribution in [1.82, 2.24) is 0 Å². The minimum atomic E-state index is -4.15. The van der Waals surface area contributed by atoms with E-state index in [0.717, 1.165) is 17.2 Å². The van der Waals surface area contributed by atoms with Crippen molar-refractivity contribution in [2.45, 2.75) is 11.8 Å². The van der Waals surface area contributed by atoms with Gasteiger partial charge in [0.15, 0.2) is 0 Å². The number of sulfonamides is 1. The molecule has 0 saturated heterocycles. The average molecular weight is 440 g/mol. The van der Waals surface area contributed by atoms with E-state index in [4.69, 9.17) is 4.74 Å². The number of hydrogen-bond acceptors (Lipinski definition) is 7. The van der Waals surface area contributed by atoms with E-state index in [1.165, 1.54) is 31.4 Å². The Kier molecular flexibility index (Phi) is 6.51. The zero-order chi connectivity index (χ0) is 22.4. The molecule has 0 saturated carbocycles. The number of nitrogens with one attached hydrogen (secondary N) is 2. The highest BCUT2D eigenvalue weighted by Gasteiger charge is 2.22. The minimum absolute atomic E-state index is 0.0939. The number of rotatable bonds is 8. The zero-order valence-electron chi connectivity index (χ0n) is 16.8. The summed E-state index contributed by atoms with van der Waals surface area (Å²) < 4.78 is 33.4. The van der Waals surface area contributed by atoms with E-state index in [1.807, 2.05) is 31.2 Å². The summed E-state index contributed by atoms with van der Waals surface area (Å²) in [4.78, 5) is 10.2. The number of nitro benzene ring substituents is 1. The Bertz CT molecular complexity index is 1220. The van der Waals surface area contributed by atoms with Crippen LogP contribution < -0.4 is 14.9 Å². The van der Waals surface area contributed by atoms with Gasteiger partial charge in [-0.1, -0.05) is 24.3 Å². The smallest absolute Gasteiger partial charge is 0.270 e. The van der Waals surface area contributed by atoms with Crippen molar-refractivity contribution in [2.24, 2.45) is 5.10 Å². The summed E-state index contributed by atoms with van der Waals surface area (Å²) in [6.45, 7) is 1.92. The first-order valence-electron chi connectivity index (χ1n) is 9.10. The Balaban J connectivity index is 1.93. The molecule has 10 heteroatoms. The summed E-state index contributed by atoms with van der Waals surface area (Å²) in [5.41, 5.74) is 4.52. The molecule has 0 aromatic heterocycles. The van der Waals surface area contributed by atoms with E-state index >= 15 is 0 Å². The molecule has 0 atom stereocenters. The molecular formula is C21H20N4O5S. The molecule has 0 fully saturated rings. The molecule has 0 amide bonds. The third kappa shape index (κ3) is 5.37. The molecule has 3 aromatic rings. The van der Waals surface area contributed by atoms with Crippen LogP contribution in [0.3, 0.4) is 0 Å². The van der Waals surface area contributed by atoms with E-state index in [0.29, 0.717) is 5.75 Å². The molecule has 0 heterocycles. The van der Waals surface area contributed by atoms with Crippen LogP contribution in [0.4, 0.5) is 17.1 Å². The first kappa shape index (κ1) is 21.8. The van der Waals surface area contributed by atoms with Gasteiger partial charge in [-0.3, -0.25) is 20.3 Å². The van der Waals surface area contributed by atoms with Crippen LogP contribution in [0.25, 0.3) is 0 Å². The van der Waals surface area contributed by atoms with Gasteiger partial charge in [-0.2, -0.15) is 5.10 Å². The maximum absolute atomic E-state index is 13.0. The quantitative estimate of drug-likeness (QED) is 0.308. The van der Waals surface area contributed by atoms with Gasteiger partial charge in [-0.25, -0.2) is 8.42 Å². The molecule has 0 unspecified atom stereocenters. The first-order chi connectivity index (χ1) is 14.8. The van der Waals surface area contributed by atoms with Gasteiger partial charge in [-0.15, -0.1) is 0 Å². The van der Waals surface area contributed by atoms with Gasteiger partial charge < -0.3 is 4.74 Å². The molecule has 0 aliphatic heterocycles. The van der Waals surface area contributed by atoms with Crippen molar-refractivity contribution >= 4 is 33.3 Å². The monoisotopic (exact) mass is 440 g/mol. The molecule has 2 N–H and O–H groups in total. The number of benzene rings is 3. The number of aryl methyl sites for hydroxylation is 1. The molecule has 0 radical (unpaired) electrons. The minimum Gasteiger partial charge on any atom is -0.497 e. The lowest BCUT2D eigenvalue weighted by Crippen LogP contribution is -2.15. The number of non-ortho nitro benzene ring substituents is 1. The highest BCUT2D eigenvalue weighted by Crippen LogP contribution is 2.28. The van der Waals surface area contributed by atoms with Gasteiger partial charge in [0, 0.05) is 17.8 Å². The number of anilines is 2. The number of methoxy groups -OCH3 is 1. The number of hydrogen-bond donors (Lipinski definition) is 2. The fourth-order valence-corrected chi connectivity index (χ4v) is 3.95. The van der Waals surface area contributed by atoms with Crippen molar-refractivity contribution in [1.29, 1.82) is 0 Å². The van der Waals surface area contributed by atoms with Gasteiger partial charge in [0.2, 0.25) is 0 Å². The molecule has 0 aliphatic carbocycles. The summed E-state index contributed by atoms with van der Waals surface area (Å²) in [5, 5.41) is 15.3. The van der Waals surface area contributed by atoms with Crippen LogP contribution in [0, 0.1) is 17.0 Å². The van der Waals surface area contributed by atoms with Gasteiger partial charge in [0.25, 0.3) is 15.7 Å². The number of nitro groups is 1. The second-order valence-electron chi connectivity index (χ2n) is 6.50. The molecule has 3 rings (SSSR count). The van der Waals surface area contributed by atoms with E-state index < -0.39 is 14.9 Å². The van der Waals surface area contributed by atoms with Crippen LogP contribution in [0.2, 0.25) is 0 Å². The molecule has 3 aromatic carbocycles. The predicted molar refractivity (Wildman–Crippen MR) is 119 cm³/mol. The van der Waals surface area contributed by atoms with Crippen LogP contribution in [0.1, 0.15) is 11.1 Å². The number of nitrogens with zero attached hydrogens (tertiary/aromatic N) is 2. The Labute approximate surface area is 179 Å². The largest absolute Gasteiger partial charge is 0.497 e. The SMILES string of the molecule is COc1ccc(NS(=O)(=O)c2cc([N+](=O)[O-])ccc2NN=Cc2ccccc2C)cc1. The summed E-state index contributed by atoms with van der Waals surface area (Å²) in [7, 11) is -2.66. The second kappa shape index (κ2) is 9.26. The third-order valence-electron chi connectivity index (χ3n) is 4.38. The lowest BCUT2D eigenvalue weighted by atomic mass is 10.1. The van der Waals surface area contributed by atoms with Crippen molar-refractivity contribution in [3.63, 3.8) is 0 Å². The van der Waals surface area contributed by atoms with Crippen molar-refractivity contribution in [2.75, 3.05) is 17.3 Å². The third-order valence-corrected chi connectivity index (χ3v) is 5.81. The van der Waals surface area contributed by atoms with Crippen LogP contribution in [0.5, 0.6) is 5.75 Å². The van der Waals surface area contributed by atoms with Crippen molar-refractivity contribution in [3.8, 4) is 5.75 Å². The van der Waals surface area contributed by atoms with Gasteiger partial charge in [0.05, 0.1) is 23.9 Å². The summed E-state index contributed by atoms with van der Waals surface area (Å²) in [5.74, 6) is 0.561. The summed E-state index contributed by atoms with van der Waals surface area (Å²) in [6, 6.07) is 17.3. The molecule has 9 nitrogen and oxygen atoms in total. The number of hydrazone groups is 1. The molecule has 160 valence electrons. The van der Waals surface area contributed by atoms with Gasteiger partial charge in [0.1, 0.15) is 10.6 Å². The Morgan fingerprint density at radius 3 is 2.42 bits per heavy atom. The standard InChI is InChI=1S/C21H20N4O5S/c1-15-5-3-4-6-16(15)14-22-23-20-12-9-18(25(26)27)13-21(20)31(28,29)24-17-7-10-19(30-2)11-8-17/h3-14,23-24H,1-2H3. The highest BCUT2D eigenvalue weighted by molar-refractivity contribution is 7.92. The van der Waals surface area contributed by atoms with Crippen LogP contribution >= 0.6 is 0 Å². The van der Waals surface area contributed by atoms with E-state index in [-0.39, 0.29) is 22.0 Å².